The van der Waals surface area contributed by atoms with Crippen LogP contribution in [0.4, 0.5) is 0 Å². The first-order valence-corrected chi connectivity index (χ1v) is 7.83. The smallest absolute Gasteiger partial charge is 0.465 e. The second-order valence-electron chi connectivity index (χ2n) is 5.31. The summed E-state index contributed by atoms with van der Waals surface area (Å²) in [6, 6.07) is 0. The summed E-state index contributed by atoms with van der Waals surface area (Å²) in [6.45, 7) is 7.28. The number of carbonyl (C=O) groups excluding carboxylic acids is 2. The van der Waals surface area contributed by atoms with Gasteiger partial charge in [-0.3, -0.25) is 14.1 Å². The molecule has 0 aliphatic carbocycles. The fraction of sp³-hybridized carbons (Fsp3) is 0.833. The average Bonchev–Trinajstić information content (AvgIpc) is 2.28. The Morgan fingerprint density at radius 1 is 1.00 bits per heavy atom. The standard InChI is InChI=1S/C12H22O7S.Ca/c1-8(2)6-18-11(13)5-10(20(15,16)17)12(14)19-7-9(3)4;/h8-10H,5-7H2,1-4H3,(H,15,16,17);/q;+2. The molecule has 0 heterocycles. The minimum absolute atomic E-state index is 0. The molecule has 0 saturated carbocycles. The van der Waals surface area contributed by atoms with Crippen LogP contribution in [0.5, 0.6) is 0 Å². The van der Waals surface area contributed by atoms with Crippen molar-refractivity contribution in [1.29, 1.82) is 0 Å². The predicted molar refractivity (Wildman–Crippen MR) is 77.3 cm³/mol. The number of ether oxygens (including phenoxy) is 2. The Hall–Kier alpha value is 0.110. The molecule has 0 radical (unpaired) electrons. The van der Waals surface area contributed by atoms with Gasteiger partial charge < -0.3 is 9.47 Å². The fourth-order valence-electron chi connectivity index (χ4n) is 1.12. The third-order valence-corrected chi connectivity index (χ3v) is 3.19. The number of carbonyl (C=O) groups is 2. The van der Waals surface area contributed by atoms with Crippen molar-refractivity contribution < 1.29 is 32.0 Å². The summed E-state index contributed by atoms with van der Waals surface area (Å²) in [4.78, 5) is 23.0. The third-order valence-electron chi connectivity index (χ3n) is 2.11. The Kier molecular flexibility index (Phi) is 12.0. The SMILES string of the molecule is CC(C)COC(=O)CC(C(=O)OCC(C)C)S(=O)(=O)O.[Ca+2]. The Bertz CT molecular complexity index is 431. The maximum atomic E-state index is 11.6. The molecule has 0 saturated heterocycles. The molecule has 0 aromatic carbocycles. The van der Waals surface area contributed by atoms with Crippen LogP contribution in [0.15, 0.2) is 0 Å². The molecule has 1 unspecified atom stereocenters. The van der Waals surface area contributed by atoms with Crippen molar-refractivity contribution in [2.45, 2.75) is 39.4 Å². The topological polar surface area (TPSA) is 107 Å². The maximum Gasteiger partial charge on any atom is 2.00 e. The quantitative estimate of drug-likeness (QED) is 0.389. The van der Waals surface area contributed by atoms with Gasteiger partial charge in [-0.25, -0.2) is 0 Å². The molecule has 0 aromatic rings. The van der Waals surface area contributed by atoms with E-state index in [-0.39, 0.29) is 62.8 Å². The van der Waals surface area contributed by atoms with E-state index < -0.39 is 33.7 Å². The predicted octanol–water partition coefficient (Wildman–Crippen LogP) is 0.651. The van der Waals surface area contributed by atoms with Gasteiger partial charge in [0.15, 0.2) is 5.25 Å². The second kappa shape index (κ2) is 10.8. The van der Waals surface area contributed by atoms with Crippen molar-refractivity contribution in [1.82, 2.24) is 0 Å². The van der Waals surface area contributed by atoms with Gasteiger partial charge in [0, 0.05) is 0 Å². The summed E-state index contributed by atoms with van der Waals surface area (Å²) in [5, 5.41) is -1.94. The third kappa shape index (κ3) is 11.3. The summed E-state index contributed by atoms with van der Waals surface area (Å²) in [5.74, 6) is -1.93. The summed E-state index contributed by atoms with van der Waals surface area (Å²) in [7, 11) is -4.72. The first-order chi connectivity index (χ1) is 9.04. The van der Waals surface area contributed by atoms with Gasteiger partial charge in [-0.05, 0) is 11.8 Å². The molecule has 1 N–H and O–H groups in total. The first-order valence-electron chi connectivity index (χ1n) is 6.32. The Morgan fingerprint density at radius 2 is 1.43 bits per heavy atom. The van der Waals surface area contributed by atoms with Gasteiger partial charge in [0.1, 0.15) is 0 Å². The van der Waals surface area contributed by atoms with Gasteiger partial charge in [0.05, 0.1) is 19.6 Å². The molecule has 0 amide bonds. The largest absolute Gasteiger partial charge is 2.00 e. The van der Waals surface area contributed by atoms with Crippen molar-refractivity contribution >= 4 is 59.8 Å². The normalized spacial score (nSPS) is 12.7. The van der Waals surface area contributed by atoms with Crippen LogP contribution >= 0.6 is 0 Å². The van der Waals surface area contributed by atoms with Crippen LogP contribution in [0.2, 0.25) is 0 Å². The molecule has 118 valence electrons. The summed E-state index contributed by atoms with van der Waals surface area (Å²) < 4.78 is 40.8. The van der Waals surface area contributed by atoms with E-state index in [1.54, 1.807) is 13.8 Å². The van der Waals surface area contributed by atoms with Crippen LogP contribution in [0.25, 0.3) is 0 Å². The van der Waals surface area contributed by atoms with Crippen molar-refractivity contribution in [2.75, 3.05) is 13.2 Å². The molecule has 0 aliphatic heterocycles. The van der Waals surface area contributed by atoms with Crippen LogP contribution in [0, 0.1) is 11.8 Å². The monoisotopic (exact) mass is 350 g/mol. The maximum absolute atomic E-state index is 11.6. The van der Waals surface area contributed by atoms with Crippen LogP contribution < -0.4 is 0 Å². The van der Waals surface area contributed by atoms with E-state index in [1.165, 1.54) is 0 Å². The van der Waals surface area contributed by atoms with Crippen molar-refractivity contribution in [3.63, 3.8) is 0 Å². The van der Waals surface area contributed by atoms with Gasteiger partial charge in [-0.1, -0.05) is 27.7 Å². The van der Waals surface area contributed by atoms with Gasteiger partial charge in [0.25, 0.3) is 10.1 Å². The summed E-state index contributed by atoms with van der Waals surface area (Å²) in [5.41, 5.74) is 0. The van der Waals surface area contributed by atoms with Gasteiger partial charge in [0.2, 0.25) is 0 Å². The van der Waals surface area contributed by atoms with Crippen LogP contribution in [0.1, 0.15) is 34.1 Å². The fourth-order valence-corrected chi connectivity index (χ4v) is 1.78. The molecule has 0 aliphatic rings. The van der Waals surface area contributed by atoms with Gasteiger partial charge >= 0.3 is 49.7 Å². The molecule has 0 bridgehead atoms. The minimum atomic E-state index is -4.72. The molecule has 0 spiro atoms. The molecule has 1 atom stereocenters. The van der Waals surface area contributed by atoms with Crippen molar-refractivity contribution in [3.05, 3.63) is 0 Å². The molecular formula is C12H22CaO7S+2. The average molecular weight is 350 g/mol. The number of hydrogen-bond acceptors (Lipinski definition) is 6. The molecule has 0 aromatic heterocycles. The molecule has 7 nitrogen and oxygen atoms in total. The van der Waals surface area contributed by atoms with Crippen LogP contribution in [0.3, 0.4) is 0 Å². The van der Waals surface area contributed by atoms with Gasteiger partial charge in [-0.2, -0.15) is 8.42 Å². The Morgan fingerprint density at radius 3 is 1.81 bits per heavy atom. The van der Waals surface area contributed by atoms with Gasteiger partial charge in [-0.15, -0.1) is 0 Å². The number of hydrogen-bond donors (Lipinski definition) is 1. The molecule has 0 fully saturated rings. The first kappa shape index (κ1) is 23.4. The van der Waals surface area contributed by atoms with E-state index in [4.69, 9.17) is 14.0 Å². The minimum Gasteiger partial charge on any atom is -0.465 e. The van der Waals surface area contributed by atoms with E-state index in [0.29, 0.717) is 0 Å². The zero-order chi connectivity index (χ0) is 15.9. The van der Waals surface area contributed by atoms with Crippen molar-refractivity contribution in [2.24, 2.45) is 11.8 Å². The summed E-state index contributed by atoms with van der Waals surface area (Å²) in [6.07, 6.45) is -0.761. The zero-order valence-electron chi connectivity index (χ0n) is 12.9. The van der Waals surface area contributed by atoms with Crippen LogP contribution in [-0.4, -0.2) is 81.1 Å². The van der Waals surface area contributed by atoms with E-state index >= 15 is 0 Å². The van der Waals surface area contributed by atoms with E-state index in [9.17, 15) is 18.0 Å². The zero-order valence-corrected chi connectivity index (χ0v) is 15.9. The number of rotatable bonds is 8. The van der Waals surface area contributed by atoms with E-state index in [0.717, 1.165) is 0 Å². The Labute approximate surface area is 155 Å². The second-order valence-corrected chi connectivity index (χ2v) is 6.91. The van der Waals surface area contributed by atoms with Crippen molar-refractivity contribution in [3.8, 4) is 0 Å². The molecule has 21 heavy (non-hydrogen) atoms. The molecule has 0 rings (SSSR count). The van der Waals surface area contributed by atoms with E-state index in [1.807, 2.05) is 13.8 Å². The summed E-state index contributed by atoms with van der Waals surface area (Å²) >= 11 is 0. The molecular weight excluding hydrogens is 328 g/mol. The number of esters is 2. The Balaban J connectivity index is 0. The van der Waals surface area contributed by atoms with Crippen LogP contribution in [-0.2, 0) is 29.2 Å². The molecule has 9 heteroatoms. The van der Waals surface area contributed by atoms with E-state index in [2.05, 4.69) is 0 Å².